The van der Waals surface area contributed by atoms with Gasteiger partial charge in [0.05, 0.1) is 0 Å². The van der Waals surface area contributed by atoms with Crippen LogP contribution < -0.4 is 14.8 Å². The predicted molar refractivity (Wildman–Crippen MR) is 94.4 cm³/mol. The van der Waals surface area contributed by atoms with Crippen LogP contribution in [0.2, 0.25) is 0 Å². The number of ether oxygens (including phenoxy) is 2. The molecular weight excluding hydrogens is 334 g/mol. The summed E-state index contributed by atoms with van der Waals surface area (Å²) in [4.78, 5) is 29.5. The maximum Gasteiger partial charge on any atom is 0.231 e. The van der Waals surface area contributed by atoms with Gasteiger partial charge in [-0.25, -0.2) is 0 Å². The van der Waals surface area contributed by atoms with Gasteiger partial charge >= 0.3 is 0 Å². The monoisotopic (exact) mass is 355 g/mol. The summed E-state index contributed by atoms with van der Waals surface area (Å²) in [5, 5.41) is 2.87. The van der Waals surface area contributed by atoms with Crippen LogP contribution in [0.1, 0.15) is 24.5 Å². The van der Waals surface area contributed by atoms with Crippen LogP contribution in [0, 0.1) is 0 Å². The average molecular weight is 355 g/mol. The van der Waals surface area contributed by atoms with Crippen molar-refractivity contribution in [3.63, 3.8) is 0 Å². The van der Waals surface area contributed by atoms with E-state index in [1.807, 2.05) is 30.3 Å². The van der Waals surface area contributed by atoms with E-state index in [1.165, 1.54) is 6.92 Å². The van der Waals surface area contributed by atoms with E-state index in [-0.39, 0.29) is 25.0 Å². The fourth-order valence-corrected chi connectivity index (χ4v) is 2.63. The number of benzene rings is 1. The minimum Gasteiger partial charge on any atom is -0.454 e. The molecule has 7 heteroatoms. The summed E-state index contributed by atoms with van der Waals surface area (Å²) in [6.07, 6.45) is 3.62. The zero-order valence-electron chi connectivity index (χ0n) is 14.6. The number of rotatable bonds is 7. The van der Waals surface area contributed by atoms with Crippen LogP contribution in [0.3, 0.4) is 0 Å². The van der Waals surface area contributed by atoms with E-state index >= 15 is 0 Å². The van der Waals surface area contributed by atoms with Gasteiger partial charge in [0.1, 0.15) is 0 Å². The lowest BCUT2D eigenvalue weighted by molar-refractivity contribution is -0.130. The van der Waals surface area contributed by atoms with Crippen LogP contribution >= 0.6 is 0 Å². The van der Waals surface area contributed by atoms with Crippen molar-refractivity contribution in [2.75, 3.05) is 13.3 Å². The molecule has 0 bridgehead atoms. The van der Waals surface area contributed by atoms with Crippen LogP contribution in [0.5, 0.6) is 11.5 Å². The van der Waals surface area contributed by atoms with Crippen molar-refractivity contribution in [2.45, 2.75) is 26.4 Å². The molecule has 3 rings (SSSR count). The number of nitrogens with zero attached hydrogens (tertiary/aromatic N) is 2. The lowest BCUT2D eigenvalue weighted by Gasteiger charge is -2.20. The van der Waals surface area contributed by atoms with Gasteiger partial charge in [0.15, 0.2) is 11.5 Å². The Labute approximate surface area is 151 Å². The van der Waals surface area contributed by atoms with Gasteiger partial charge in [-0.3, -0.25) is 14.6 Å². The van der Waals surface area contributed by atoms with E-state index in [2.05, 4.69) is 10.3 Å². The molecule has 2 heterocycles. The third kappa shape index (κ3) is 4.72. The van der Waals surface area contributed by atoms with Gasteiger partial charge in [-0.05, 0) is 35.4 Å². The molecule has 0 radical (unpaired) electrons. The van der Waals surface area contributed by atoms with Crippen molar-refractivity contribution >= 4 is 11.8 Å². The number of fused-ring (bicyclic) bond motifs is 1. The average Bonchev–Trinajstić information content (AvgIpc) is 3.11. The van der Waals surface area contributed by atoms with Crippen molar-refractivity contribution in [3.05, 3.63) is 53.9 Å². The Bertz CT molecular complexity index is 780. The Morgan fingerprint density at radius 3 is 2.65 bits per heavy atom. The van der Waals surface area contributed by atoms with Crippen molar-refractivity contribution in [2.24, 2.45) is 0 Å². The van der Waals surface area contributed by atoms with Gasteiger partial charge < -0.3 is 19.7 Å². The van der Waals surface area contributed by atoms with Crippen LogP contribution in [-0.2, 0) is 22.7 Å². The van der Waals surface area contributed by atoms with E-state index in [0.29, 0.717) is 31.1 Å². The lowest BCUT2D eigenvalue weighted by Crippen LogP contribution is -2.33. The van der Waals surface area contributed by atoms with Crippen molar-refractivity contribution in [1.29, 1.82) is 0 Å². The quantitative estimate of drug-likeness (QED) is 0.820. The Kier molecular flexibility index (Phi) is 5.68. The van der Waals surface area contributed by atoms with Crippen molar-refractivity contribution in [1.82, 2.24) is 15.2 Å². The Balaban J connectivity index is 1.47. The highest BCUT2D eigenvalue weighted by Gasteiger charge is 2.14. The highest BCUT2D eigenvalue weighted by atomic mass is 16.7. The zero-order valence-corrected chi connectivity index (χ0v) is 14.6. The number of carbonyl (C=O) groups is 2. The minimum atomic E-state index is -0.108. The van der Waals surface area contributed by atoms with E-state index in [1.54, 1.807) is 17.3 Å². The third-order valence-electron chi connectivity index (χ3n) is 4.10. The van der Waals surface area contributed by atoms with Crippen LogP contribution in [-0.4, -0.2) is 35.0 Å². The van der Waals surface area contributed by atoms with E-state index in [0.717, 1.165) is 11.1 Å². The first-order chi connectivity index (χ1) is 12.6. The molecular formula is C19H21N3O4. The Morgan fingerprint density at radius 2 is 1.88 bits per heavy atom. The highest BCUT2D eigenvalue weighted by Crippen LogP contribution is 2.32. The molecule has 26 heavy (non-hydrogen) atoms. The van der Waals surface area contributed by atoms with Crippen LogP contribution in [0.25, 0.3) is 0 Å². The summed E-state index contributed by atoms with van der Waals surface area (Å²) in [5.74, 6) is 1.24. The molecule has 1 aromatic carbocycles. The number of aromatic nitrogens is 1. The first-order valence-corrected chi connectivity index (χ1v) is 8.41. The number of amides is 2. The fourth-order valence-electron chi connectivity index (χ4n) is 2.63. The highest BCUT2D eigenvalue weighted by molar-refractivity contribution is 5.78. The topological polar surface area (TPSA) is 80.8 Å². The molecule has 1 aliphatic rings. The second kappa shape index (κ2) is 8.33. The van der Waals surface area contributed by atoms with Gasteiger partial charge in [0.2, 0.25) is 18.6 Å². The summed E-state index contributed by atoms with van der Waals surface area (Å²) >= 11 is 0. The summed E-state index contributed by atoms with van der Waals surface area (Å²) in [5.41, 5.74) is 1.92. The molecule has 0 aliphatic carbocycles. The van der Waals surface area contributed by atoms with E-state index in [9.17, 15) is 9.59 Å². The lowest BCUT2D eigenvalue weighted by atomic mass is 10.2. The smallest absolute Gasteiger partial charge is 0.231 e. The molecule has 0 saturated heterocycles. The van der Waals surface area contributed by atoms with E-state index in [4.69, 9.17) is 9.47 Å². The summed E-state index contributed by atoms with van der Waals surface area (Å²) in [6, 6.07) is 9.29. The summed E-state index contributed by atoms with van der Waals surface area (Å²) in [7, 11) is 0. The molecule has 1 N–H and O–H groups in total. The molecule has 1 aromatic heterocycles. The number of nitrogens with one attached hydrogen (secondary N) is 1. The fraction of sp³-hybridized carbons (Fsp3) is 0.316. The molecule has 0 saturated carbocycles. The first kappa shape index (κ1) is 17.7. The number of hydrogen-bond donors (Lipinski definition) is 1. The molecule has 7 nitrogen and oxygen atoms in total. The summed E-state index contributed by atoms with van der Waals surface area (Å²) in [6.45, 7) is 2.97. The van der Waals surface area contributed by atoms with Crippen molar-refractivity contribution in [3.8, 4) is 11.5 Å². The largest absolute Gasteiger partial charge is 0.454 e. The SMILES string of the molecule is CC(=O)N(CCC(=O)NCc1ccc2c(c1)OCO2)Cc1ccncc1. The number of carbonyl (C=O) groups excluding carboxylic acids is 2. The van der Waals surface area contributed by atoms with Gasteiger partial charge in [-0.1, -0.05) is 6.07 Å². The van der Waals surface area contributed by atoms with Gasteiger partial charge in [0.25, 0.3) is 0 Å². The number of hydrogen-bond acceptors (Lipinski definition) is 5. The standard InChI is InChI=1S/C19H21N3O4/c1-14(23)22(12-15-4-7-20-8-5-15)9-6-19(24)21-11-16-2-3-17-18(10-16)26-13-25-17/h2-5,7-8,10H,6,9,11-13H2,1H3,(H,21,24). The zero-order chi connectivity index (χ0) is 18.4. The second-order valence-corrected chi connectivity index (χ2v) is 6.01. The summed E-state index contributed by atoms with van der Waals surface area (Å²) < 4.78 is 10.6. The Morgan fingerprint density at radius 1 is 1.12 bits per heavy atom. The van der Waals surface area contributed by atoms with Crippen LogP contribution in [0.4, 0.5) is 0 Å². The third-order valence-corrected chi connectivity index (χ3v) is 4.10. The maximum atomic E-state index is 12.1. The molecule has 1 aliphatic heterocycles. The van der Waals surface area contributed by atoms with Crippen molar-refractivity contribution < 1.29 is 19.1 Å². The van der Waals surface area contributed by atoms with Crippen LogP contribution in [0.15, 0.2) is 42.7 Å². The van der Waals surface area contributed by atoms with Gasteiger partial charge in [-0.2, -0.15) is 0 Å². The normalized spacial score (nSPS) is 11.9. The van der Waals surface area contributed by atoms with Gasteiger partial charge in [-0.15, -0.1) is 0 Å². The Hall–Kier alpha value is -3.09. The maximum absolute atomic E-state index is 12.1. The predicted octanol–water partition coefficient (Wildman–Crippen LogP) is 1.87. The van der Waals surface area contributed by atoms with E-state index < -0.39 is 0 Å². The van der Waals surface area contributed by atoms with Gasteiger partial charge in [0, 0.05) is 45.4 Å². The molecule has 0 spiro atoms. The molecule has 0 fully saturated rings. The minimum absolute atomic E-state index is 0.0645. The molecule has 2 amide bonds. The molecule has 2 aromatic rings. The first-order valence-electron chi connectivity index (χ1n) is 8.41. The molecule has 136 valence electrons. The second-order valence-electron chi connectivity index (χ2n) is 6.01. The molecule has 0 atom stereocenters. The number of pyridine rings is 1. The molecule has 0 unspecified atom stereocenters.